The quantitative estimate of drug-likeness (QED) is 0.860. The molecule has 1 saturated carbocycles. The monoisotopic (exact) mass is 287 g/mol. The first-order chi connectivity index (χ1) is 10.3. The molecule has 1 atom stereocenters. The van der Waals surface area contributed by atoms with E-state index in [1.165, 1.54) is 43.2 Å². The lowest BCUT2D eigenvalue weighted by molar-refractivity contribution is -0.187. The number of aryl methyl sites for hydroxylation is 1. The molecule has 4 rings (SSSR count). The fraction of sp³-hybridized carbons (Fsp3) is 0.667. The second-order valence-corrected chi connectivity index (χ2v) is 6.97. The zero-order valence-electron chi connectivity index (χ0n) is 12.9. The minimum atomic E-state index is -0.134. The van der Waals surface area contributed by atoms with Crippen LogP contribution in [0.2, 0.25) is 0 Å². The van der Waals surface area contributed by atoms with Crippen molar-refractivity contribution in [3.05, 3.63) is 29.3 Å². The van der Waals surface area contributed by atoms with Crippen molar-refractivity contribution in [1.29, 1.82) is 0 Å². The van der Waals surface area contributed by atoms with Crippen LogP contribution in [0.4, 0.5) is 0 Å². The lowest BCUT2D eigenvalue weighted by atomic mass is 9.76. The molecule has 0 radical (unpaired) electrons. The number of nitrogens with one attached hydrogen (secondary N) is 1. The van der Waals surface area contributed by atoms with Crippen LogP contribution in [0.15, 0.2) is 18.2 Å². The Labute approximate surface area is 127 Å². The van der Waals surface area contributed by atoms with E-state index < -0.39 is 0 Å². The number of methoxy groups -OCH3 is 1. The summed E-state index contributed by atoms with van der Waals surface area (Å²) < 4.78 is 12.3. The van der Waals surface area contributed by atoms with Crippen molar-refractivity contribution in [3.63, 3.8) is 0 Å². The summed E-state index contributed by atoms with van der Waals surface area (Å²) in [7, 11) is 1.75. The molecule has 1 unspecified atom stereocenters. The summed E-state index contributed by atoms with van der Waals surface area (Å²) in [6.45, 7) is 1.96. The first-order valence-electron chi connectivity index (χ1n) is 8.34. The van der Waals surface area contributed by atoms with E-state index in [0.29, 0.717) is 0 Å². The van der Waals surface area contributed by atoms with Gasteiger partial charge >= 0.3 is 0 Å². The van der Waals surface area contributed by atoms with Crippen LogP contribution in [0.5, 0.6) is 5.75 Å². The largest absolute Gasteiger partial charge is 0.497 e. The lowest BCUT2D eigenvalue weighted by Gasteiger charge is -2.50. The van der Waals surface area contributed by atoms with E-state index in [9.17, 15) is 0 Å². The Balaban J connectivity index is 1.75. The summed E-state index contributed by atoms with van der Waals surface area (Å²) >= 11 is 0. The van der Waals surface area contributed by atoms with Gasteiger partial charge in [-0.25, -0.2) is 0 Å². The molecule has 0 bridgehead atoms. The van der Waals surface area contributed by atoms with Gasteiger partial charge in [-0.05, 0) is 55.4 Å². The van der Waals surface area contributed by atoms with Crippen LogP contribution < -0.4 is 10.1 Å². The van der Waals surface area contributed by atoms with Crippen LogP contribution in [0.25, 0.3) is 0 Å². The van der Waals surface area contributed by atoms with Gasteiger partial charge in [0.2, 0.25) is 0 Å². The molecule has 3 aliphatic rings. The van der Waals surface area contributed by atoms with Crippen molar-refractivity contribution in [2.45, 2.75) is 56.1 Å². The Morgan fingerprint density at radius 2 is 1.95 bits per heavy atom. The number of fused-ring (bicyclic) bond motifs is 2. The fourth-order valence-corrected chi connectivity index (χ4v) is 4.59. The van der Waals surface area contributed by atoms with E-state index in [-0.39, 0.29) is 11.2 Å². The molecule has 21 heavy (non-hydrogen) atoms. The molecule has 1 heterocycles. The van der Waals surface area contributed by atoms with Crippen LogP contribution in [0.3, 0.4) is 0 Å². The zero-order valence-corrected chi connectivity index (χ0v) is 12.9. The Hall–Kier alpha value is -1.06. The van der Waals surface area contributed by atoms with Crippen molar-refractivity contribution in [3.8, 4) is 5.75 Å². The molecule has 1 saturated heterocycles. The van der Waals surface area contributed by atoms with Gasteiger partial charge in [-0.3, -0.25) is 0 Å². The first kappa shape index (κ1) is 13.6. The summed E-state index contributed by atoms with van der Waals surface area (Å²) in [6.07, 6.45) is 8.55. The maximum absolute atomic E-state index is 6.87. The molecule has 2 fully saturated rings. The molecule has 0 aromatic heterocycles. The van der Waals surface area contributed by atoms with Gasteiger partial charge in [0.15, 0.2) is 0 Å². The van der Waals surface area contributed by atoms with Crippen molar-refractivity contribution in [1.82, 2.24) is 5.32 Å². The van der Waals surface area contributed by atoms with E-state index in [2.05, 4.69) is 23.5 Å². The average molecular weight is 287 g/mol. The van der Waals surface area contributed by atoms with E-state index >= 15 is 0 Å². The van der Waals surface area contributed by atoms with Crippen LogP contribution in [0, 0.1) is 0 Å². The highest BCUT2D eigenvalue weighted by atomic mass is 16.5. The number of benzene rings is 1. The number of rotatable bonds is 1. The summed E-state index contributed by atoms with van der Waals surface area (Å²) in [4.78, 5) is 0. The van der Waals surface area contributed by atoms with Crippen LogP contribution in [0.1, 0.15) is 49.7 Å². The molecule has 1 aliphatic heterocycles. The summed E-state index contributed by atoms with van der Waals surface area (Å²) in [6, 6.07) is 6.53. The number of morpholine rings is 1. The van der Waals surface area contributed by atoms with Crippen LogP contribution in [-0.2, 0) is 16.8 Å². The van der Waals surface area contributed by atoms with Gasteiger partial charge in [0.1, 0.15) is 11.4 Å². The highest BCUT2D eigenvalue weighted by Crippen LogP contribution is 2.47. The van der Waals surface area contributed by atoms with Gasteiger partial charge in [-0.2, -0.15) is 0 Å². The Morgan fingerprint density at radius 1 is 1.10 bits per heavy atom. The van der Waals surface area contributed by atoms with Gasteiger partial charge < -0.3 is 14.8 Å². The van der Waals surface area contributed by atoms with Gasteiger partial charge in [0.05, 0.1) is 12.7 Å². The molecule has 2 spiro atoms. The van der Waals surface area contributed by atoms with Crippen molar-refractivity contribution < 1.29 is 9.47 Å². The Kier molecular flexibility index (Phi) is 3.23. The van der Waals surface area contributed by atoms with Gasteiger partial charge in [0.25, 0.3) is 0 Å². The van der Waals surface area contributed by atoms with Gasteiger partial charge in [-0.15, -0.1) is 0 Å². The zero-order chi connectivity index (χ0) is 14.3. The fourth-order valence-electron chi connectivity index (χ4n) is 4.59. The van der Waals surface area contributed by atoms with Crippen molar-refractivity contribution in [2.75, 3.05) is 20.2 Å². The standard InChI is InChI=1S/C18H25NO2/c1-20-15-7-6-14-5-4-10-18(16(14)11-15)13-19-12-17(21-18)8-2-3-9-17/h6-7,11,19H,2-5,8-10,12-13H2,1H3. The summed E-state index contributed by atoms with van der Waals surface area (Å²) in [5.74, 6) is 0.949. The maximum Gasteiger partial charge on any atom is 0.119 e. The van der Waals surface area contributed by atoms with Crippen LogP contribution in [-0.4, -0.2) is 25.8 Å². The maximum atomic E-state index is 6.87. The SMILES string of the molecule is COc1ccc2c(c1)C1(CCC2)CNCC2(CCCC2)O1. The van der Waals surface area contributed by atoms with E-state index in [1.54, 1.807) is 7.11 Å². The van der Waals surface area contributed by atoms with Crippen molar-refractivity contribution >= 4 is 0 Å². The molecule has 2 aliphatic carbocycles. The van der Waals surface area contributed by atoms with Gasteiger partial charge in [0, 0.05) is 13.1 Å². The van der Waals surface area contributed by atoms with E-state index in [1.807, 2.05) is 0 Å². The van der Waals surface area contributed by atoms with E-state index in [4.69, 9.17) is 9.47 Å². The molecular formula is C18H25NO2. The average Bonchev–Trinajstić information content (AvgIpc) is 2.95. The predicted octanol–water partition coefficient (Wildman–Crippen LogP) is 3.16. The number of ether oxygens (including phenoxy) is 2. The highest BCUT2D eigenvalue weighted by Gasteiger charge is 2.49. The number of hydrogen-bond donors (Lipinski definition) is 1. The second kappa shape index (κ2) is 4.99. The Bertz CT molecular complexity index is 536. The van der Waals surface area contributed by atoms with E-state index in [0.717, 1.165) is 31.7 Å². The van der Waals surface area contributed by atoms with Gasteiger partial charge in [-0.1, -0.05) is 18.9 Å². The normalized spacial score (nSPS) is 30.5. The molecule has 1 aromatic carbocycles. The Morgan fingerprint density at radius 3 is 2.76 bits per heavy atom. The minimum absolute atomic E-state index is 0.0793. The highest BCUT2D eigenvalue weighted by molar-refractivity contribution is 5.42. The lowest BCUT2D eigenvalue weighted by Crippen LogP contribution is -2.58. The molecule has 3 nitrogen and oxygen atoms in total. The molecule has 3 heteroatoms. The third-order valence-corrected chi connectivity index (χ3v) is 5.62. The number of hydrogen-bond acceptors (Lipinski definition) is 3. The molecule has 114 valence electrons. The minimum Gasteiger partial charge on any atom is -0.497 e. The van der Waals surface area contributed by atoms with Crippen LogP contribution >= 0.6 is 0 Å². The second-order valence-electron chi connectivity index (χ2n) is 6.97. The molecule has 1 N–H and O–H groups in total. The summed E-state index contributed by atoms with van der Waals surface area (Å²) in [5.41, 5.74) is 2.76. The first-order valence-corrected chi connectivity index (χ1v) is 8.34. The molecule has 1 aromatic rings. The smallest absolute Gasteiger partial charge is 0.119 e. The summed E-state index contributed by atoms with van der Waals surface area (Å²) in [5, 5.41) is 3.69. The molecular weight excluding hydrogens is 262 g/mol. The predicted molar refractivity (Wildman–Crippen MR) is 82.8 cm³/mol. The third-order valence-electron chi connectivity index (χ3n) is 5.62. The van der Waals surface area contributed by atoms with Crippen molar-refractivity contribution in [2.24, 2.45) is 0 Å². The third kappa shape index (κ3) is 2.18. The topological polar surface area (TPSA) is 30.5 Å². The molecule has 0 amide bonds.